The number of nitrogens with zero attached hydrogens (tertiary/aromatic N) is 1. The molecule has 0 aliphatic heterocycles. The standard InChI is InChI=1S/C18H23N3O/c1-21(2)18(22)17(19)12-14-8-10-16(11-9-14)20-13-15-6-4-3-5-7-15/h3-11,17,20H,12-13,19H2,1-2H3. The molecule has 2 rings (SSSR count). The van der Waals surface area contributed by atoms with E-state index in [1.807, 2.05) is 42.5 Å². The number of amides is 1. The number of nitrogens with one attached hydrogen (secondary N) is 1. The van der Waals surface area contributed by atoms with Crippen molar-refractivity contribution in [1.82, 2.24) is 4.90 Å². The lowest BCUT2D eigenvalue weighted by Gasteiger charge is -2.16. The number of hydrogen-bond donors (Lipinski definition) is 2. The summed E-state index contributed by atoms with van der Waals surface area (Å²) in [5.41, 5.74) is 9.28. The Labute approximate surface area is 131 Å². The lowest BCUT2D eigenvalue weighted by atomic mass is 10.1. The highest BCUT2D eigenvalue weighted by Crippen LogP contribution is 2.12. The van der Waals surface area contributed by atoms with Crippen LogP contribution in [0.3, 0.4) is 0 Å². The highest BCUT2D eigenvalue weighted by atomic mass is 16.2. The molecule has 0 saturated carbocycles. The number of benzene rings is 2. The van der Waals surface area contributed by atoms with Crippen molar-refractivity contribution in [2.45, 2.75) is 19.0 Å². The predicted molar refractivity (Wildman–Crippen MR) is 90.6 cm³/mol. The largest absolute Gasteiger partial charge is 0.381 e. The second kappa shape index (κ2) is 7.61. The van der Waals surface area contributed by atoms with Gasteiger partial charge in [0.25, 0.3) is 0 Å². The Morgan fingerprint density at radius 2 is 1.68 bits per heavy atom. The van der Waals surface area contributed by atoms with E-state index in [2.05, 4.69) is 17.4 Å². The van der Waals surface area contributed by atoms with Gasteiger partial charge in [0.15, 0.2) is 0 Å². The minimum Gasteiger partial charge on any atom is -0.381 e. The number of anilines is 1. The van der Waals surface area contributed by atoms with Crippen LogP contribution in [-0.4, -0.2) is 30.9 Å². The molecular formula is C18H23N3O. The van der Waals surface area contributed by atoms with Crippen molar-refractivity contribution < 1.29 is 4.79 Å². The molecule has 2 aromatic rings. The number of nitrogens with two attached hydrogens (primary N) is 1. The Morgan fingerprint density at radius 3 is 2.27 bits per heavy atom. The smallest absolute Gasteiger partial charge is 0.239 e. The molecule has 4 heteroatoms. The summed E-state index contributed by atoms with van der Waals surface area (Å²) in [6, 6.07) is 17.8. The van der Waals surface area contributed by atoms with Crippen molar-refractivity contribution >= 4 is 11.6 Å². The molecule has 0 aliphatic carbocycles. The zero-order valence-electron chi connectivity index (χ0n) is 13.1. The summed E-state index contributed by atoms with van der Waals surface area (Å²) >= 11 is 0. The Kier molecular flexibility index (Phi) is 5.55. The minimum absolute atomic E-state index is 0.0497. The summed E-state index contributed by atoms with van der Waals surface area (Å²) in [5.74, 6) is -0.0497. The number of rotatable bonds is 6. The van der Waals surface area contributed by atoms with Gasteiger partial charge in [-0.1, -0.05) is 42.5 Å². The molecule has 0 spiro atoms. The van der Waals surface area contributed by atoms with Crippen LogP contribution in [0.1, 0.15) is 11.1 Å². The van der Waals surface area contributed by atoms with Gasteiger partial charge in [0.05, 0.1) is 6.04 Å². The average Bonchev–Trinajstić information content (AvgIpc) is 2.54. The lowest BCUT2D eigenvalue weighted by molar-refractivity contribution is -0.130. The molecule has 1 unspecified atom stereocenters. The van der Waals surface area contributed by atoms with Crippen molar-refractivity contribution in [3.05, 3.63) is 65.7 Å². The molecular weight excluding hydrogens is 274 g/mol. The van der Waals surface area contributed by atoms with Crippen LogP contribution in [0, 0.1) is 0 Å². The van der Waals surface area contributed by atoms with Crippen LogP contribution >= 0.6 is 0 Å². The monoisotopic (exact) mass is 297 g/mol. The summed E-state index contributed by atoms with van der Waals surface area (Å²) in [4.78, 5) is 13.3. The van der Waals surface area contributed by atoms with Crippen LogP contribution in [0.5, 0.6) is 0 Å². The zero-order chi connectivity index (χ0) is 15.9. The van der Waals surface area contributed by atoms with Gasteiger partial charge in [-0.25, -0.2) is 0 Å². The molecule has 116 valence electrons. The van der Waals surface area contributed by atoms with Crippen molar-refractivity contribution in [3.63, 3.8) is 0 Å². The van der Waals surface area contributed by atoms with Crippen LogP contribution < -0.4 is 11.1 Å². The van der Waals surface area contributed by atoms with Crippen LogP contribution in [0.2, 0.25) is 0 Å². The fourth-order valence-electron chi connectivity index (χ4n) is 2.23. The van der Waals surface area contributed by atoms with Gasteiger partial charge < -0.3 is 16.0 Å². The normalized spacial score (nSPS) is 11.8. The van der Waals surface area contributed by atoms with E-state index in [1.54, 1.807) is 14.1 Å². The molecule has 0 aromatic heterocycles. The fraction of sp³-hybridized carbons (Fsp3) is 0.278. The van der Waals surface area contributed by atoms with Gasteiger partial charge >= 0.3 is 0 Å². The lowest BCUT2D eigenvalue weighted by Crippen LogP contribution is -2.41. The maximum Gasteiger partial charge on any atom is 0.239 e. The van der Waals surface area contributed by atoms with Gasteiger partial charge in [-0.2, -0.15) is 0 Å². The number of carbonyl (C=O) groups is 1. The zero-order valence-corrected chi connectivity index (χ0v) is 13.1. The molecule has 22 heavy (non-hydrogen) atoms. The number of hydrogen-bond acceptors (Lipinski definition) is 3. The Bertz CT molecular complexity index is 593. The first-order chi connectivity index (χ1) is 10.6. The van der Waals surface area contributed by atoms with Crippen molar-refractivity contribution in [1.29, 1.82) is 0 Å². The van der Waals surface area contributed by atoms with Crippen LogP contribution in [0.4, 0.5) is 5.69 Å². The third-order valence-electron chi connectivity index (χ3n) is 3.51. The van der Waals surface area contributed by atoms with E-state index in [9.17, 15) is 4.79 Å². The van der Waals surface area contributed by atoms with Crippen molar-refractivity contribution in [2.24, 2.45) is 5.73 Å². The maximum absolute atomic E-state index is 11.8. The molecule has 0 fully saturated rings. The third kappa shape index (κ3) is 4.60. The Balaban J connectivity index is 1.89. The van der Waals surface area contributed by atoms with E-state index in [-0.39, 0.29) is 5.91 Å². The maximum atomic E-state index is 11.8. The molecule has 4 nitrogen and oxygen atoms in total. The first-order valence-electron chi connectivity index (χ1n) is 7.40. The van der Waals surface area contributed by atoms with E-state index < -0.39 is 6.04 Å². The molecule has 0 radical (unpaired) electrons. The molecule has 2 aromatic carbocycles. The minimum atomic E-state index is -0.488. The van der Waals surface area contributed by atoms with Crippen molar-refractivity contribution in [3.8, 4) is 0 Å². The van der Waals surface area contributed by atoms with Gasteiger partial charge in [-0.15, -0.1) is 0 Å². The summed E-state index contributed by atoms with van der Waals surface area (Å²) < 4.78 is 0. The van der Waals surface area contributed by atoms with Crippen molar-refractivity contribution in [2.75, 3.05) is 19.4 Å². The van der Waals surface area contributed by atoms with E-state index in [1.165, 1.54) is 10.5 Å². The molecule has 0 saturated heterocycles. The Morgan fingerprint density at radius 1 is 1.05 bits per heavy atom. The topological polar surface area (TPSA) is 58.4 Å². The van der Waals surface area contributed by atoms with E-state index in [4.69, 9.17) is 5.73 Å². The fourth-order valence-corrected chi connectivity index (χ4v) is 2.23. The quantitative estimate of drug-likeness (QED) is 0.860. The van der Waals surface area contributed by atoms with Gasteiger partial charge in [0.1, 0.15) is 0 Å². The Hall–Kier alpha value is -2.33. The highest BCUT2D eigenvalue weighted by Gasteiger charge is 2.15. The molecule has 3 N–H and O–H groups in total. The van der Waals surface area contributed by atoms with Crippen LogP contribution in [0.15, 0.2) is 54.6 Å². The van der Waals surface area contributed by atoms with Gasteiger partial charge in [0.2, 0.25) is 5.91 Å². The van der Waals surface area contributed by atoms with Crippen LogP contribution in [0.25, 0.3) is 0 Å². The third-order valence-corrected chi connectivity index (χ3v) is 3.51. The first kappa shape index (κ1) is 16.0. The number of carbonyl (C=O) groups excluding carboxylic acids is 1. The van der Waals surface area contributed by atoms with Gasteiger partial charge in [-0.05, 0) is 29.7 Å². The van der Waals surface area contributed by atoms with E-state index in [0.717, 1.165) is 17.8 Å². The second-order valence-corrected chi connectivity index (χ2v) is 5.58. The summed E-state index contributed by atoms with van der Waals surface area (Å²) in [7, 11) is 3.44. The SMILES string of the molecule is CN(C)C(=O)C(N)Cc1ccc(NCc2ccccc2)cc1. The first-order valence-corrected chi connectivity index (χ1v) is 7.40. The summed E-state index contributed by atoms with van der Waals surface area (Å²) in [6.45, 7) is 0.790. The molecule has 1 amide bonds. The highest BCUT2D eigenvalue weighted by molar-refractivity contribution is 5.81. The summed E-state index contributed by atoms with van der Waals surface area (Å²) in [5, 5.41) is 3.38. The second-order valence-electron chi connectivity index (χ2n) is 5.58. The van der Waals surface area contributed by atoms with Crippen LogP contribution in [-0.2, 0) is 17.8 Å². The molecule has 0 bridgehead atoms. The van der Waals surface area contributed by atoms with Gasteiger partial charge in [0, 0.05) is 26.3 Å². The summed E-state index contributed by atoms with van der Waals surface area (Å²) in [6.07, 6.45) is 0.552. The molecule has 0 aliphatic rings. The van der Waals surface area contributed by atoms with E-state index >= 15 is 0 Å². The number of likely N-dealkylation sites (N-methyl/N-ethyl adjacent to an activating group) is 1. The van der Waals surface area contributed by atoms with E-state index in [0.29, 0.717) is 6.42 Å². The predicted octanol–water partition coefficient (Wildman–Crippen LogP) is 2.26. The van der Waals surface area contributed by atoms with Gasteiger partial charge in [-0.3, -0.25) is 4.79 Å². The molecule has 1 atom stereocenters. The average molecular weight is 297 g/mol. The molecule has 0 heterocycles.